The quantitative estimate of drug-likeness (QED) is 0.882. The molecule has 0 saturated heterocycles. The Bertz CT molecular complexity index is 674. The van der Waals surface area contributed by atoms with Gasteiger partial charge in [0.1, 0.15) is 0 Å². The summed E-state index contributed by atoms with van der Waals surface area (Å²) in [7, 11) is -1.22. The fourth-order valence-corrected chi connectivity index (χ4v) is 3.02. The highest BCUT2D eigenvalue weighted by atomic mass is 32.2. The van der Waals surface area contributed by atoms with Crippen molar-refractivity contribution in [3.63, 3.8) is 0 Å². The molecule has 104 valence electrons. The predicted octanol–water partition coefficient (Wildman–Crippen LogP) is 2.11. The Labute approximate surface area is 114 Å². The second-order valence-electron chi connectivity index (χ2n) is 4.82. The van der Waals surface area contributed by atoms with E-state index in [2.05, 4.69) is 17.2 Å². The molecule has 2 N–H and O–H groups in total. The Morgan fingerprint density at radius 2 is 2.11 bits per heavy atom. The van der Waals surface area contributed by atoms with Crippen LogP contribution in [-0.4, -0.2) is 32.2 Å². The minimum Gasteiger partial charge on any atom is -0.361 e. The third-order valence-electron chi connectivity index (χ3n) is 3.50. The smallest absolute Gasteiger partial charge is 0.178 e. The van der Waals surface area contributed by atoms with Crippen molar-refractivity contribution in [2.45, 2.75) is 31.2 Å². The van der Waals surface area contributed by atoms with E-state index >= 15 is 0 Å². The molecule has 0 fully saturated rings. The lowest BCUT2D eigenvalue weighted by Gasteiger charge is -2.09. The van der Waals surface area contributed by atoms with Crippen LogP contribution in [0, 0.1) is 0 Å². The summed E-state index contributed by atoms with van der Waals surface area (Å²) in [6.45, 7) is 3.77. The zero-order valence-corrected chi connectivity index (χ0v) is 12.3. The third kappa shape index (κ3) is 2.82. The summed E-state index contributed by atoms with van der Waals surface area (Å²) in [5, 5.41) is 4.19. The number of nitrogens with one attached hydrogen (secondary N) is 2. The van der Waals surface area contributed by atoms with Crippen molar-refractivity contribution in [3.8, 4) is 0 Å². The van der Waals surface area contributed by atoms with Gasteiger partial charge >= 0.3 is 0 Å². The molecule has 1 unspecified atom stereocenters. The topological polar surface area (TPSA) is 62.0 Å². The van der Waals surface area contributed by atoms with Gasteiger partial charge in [0, 0.05) is 23.1 Å². The molecule has 0 radical (unpaired) electrons. The predicted molar refractivity (Wildman–Crippen MR) is 78.3 cm³/mol. The number of likely N-dealkylation sites (N-methyl/N-ethyl adjacent to an activating group) is 1. The van der Waals surface area contributed by atoms with E-state index in [1.54, 1.807) is 19.1 Å². The van der Waals surface area contributed by atoms with Crippen LogP contribution in [0.3, 0.4) is 0 Å². The highest BCUT2D eigenvalue weighted by Gasteiger charge is 2.14. The Morgan fingerprint density at radius 1 is 1.37 bits per heavy atom. The van der Waals surface area contributed by atoms with E-state index < -0.39 is 9.84 Å². The fraction of sp³-hybridized carbons (Fsp3) is 0.429. The molecule has 0 aliphatic rings. The molecule has 19 heavy (non-hydrogen) atoms. The number of fused-ring (bicyclic) bond motifs is 1. The molecule has 1 aromatic heterocycles. The minimum absolute atomic E-state index is 0.130. The summed E-state index contributed by atoms with van der Waals surface area (Å²) in [6, 6.07) is 5.64. The van der Waals surface area contributed by atoms with Gasteiger partial charge in [-0.15, -0.1) is 0 Å². The largest absolute Gasteiger partial charge is 0.361 e. The second-order valence-corrected chi connectivity index (χ2v) is 7.10. The van der Waals surface area contributed by atoms with Gasteiger partial charge in [-0.2, -0.15) is 0 Å². The van der Waals surface area contributed by atoms with Crippen molar-refractivity contribution >= 4 is 20.7 Å². The summed E-state index contributed by atoms with van der Waals surface area (Å²) in [4.78, 5) is 3.59. The minimum atomic E-state index is -3.15. The Kier molecular flexibility index (Phi) is 3.96. The first-order chi connectivity index (χ1) is 8.97. The maximum atomic E-state index is 11.9. The van der Waals surface area contributed by atoms with Gasteiger partial charge in [0.2, 0.25) is 0 Å². The van der Waals surface area contributed by atoms with Crippen molar-refractivity contribution in [3.05, 3.63) is 30.0 Å². The van der Waals surface area contributed by atoms with Crippen LogP contribution in [0.25, 0.3) is 10.9 Å². The van der Waals surface area contributed by atoms with Crippen molar-refractivity contribution in [1.29, 1.82) is 0 Å². The van der Waals surface area contributed by atoms with Crippen molar-refractivity contribution in [1.82, 2.24) is 10.3 Å². The molecular formula is C14H20N2O2S. The van der Waals surface area contributed by atoms with Crippen LogP contribution in [0.2, 0.25) is 0 Å². The highest BCUT2D eigenvalue weighted by molar-refractivity contribution is 7.91. The normalized spacial score (nSPS) is 13.8. The van der Waals surface area contributed by atoms with Gasteiger partial charge < -0.3 is 10.3 Å². The van der Waals surface area contributed by atoms with Gasteiger partial charge in [0.05, 0.1) is 10.6 Å². The van der Waals surface area contributed by atoms with E-state index in [1.165, 1.54) is 0 Å². The second kappa shape index (κ2) is 5.35. The van der Waals surface area contributed by atoms with Crippen LogP contribution < -0.4 is 5.32 Å². The zero-order chi connectivity index (χ0) is 14.0. The maximum absolute atomic E-state index is 11.9. The molecule has 2 aromatic rings. The molecule has 1 aromatic carbocycles. The van der Waals surface area contributed by atoms with Crippen LogP contribution in [0.4, 0.5) is 0 Å². The van der Waals surface area contributed by atoms with E-state index in [-0.39, 0.29) is 5.75 Å². The number of aromatic nitrogens is 1. The fourth-order valence-electron chi connectivity index (χ4n) is 2.12. The maximum Gasteiger partial charge on any atom is 0.178 e. The first-order valence-electron chi connectivity index (χ1n) is 6.48. The molecule has 1 heterocycles. The zero-order valence-electron chi connectivity index (χ0n) is 11.5. The van der Waals surface area contributed by atoms with E-state index in [9.17, 15) is 8.42 Å². The first-order valence-corrected chi connectivity index (χ1v) is 8.13. The Morgan fingerprint density at radius 3 is 2.74 bits per heavy atom. The Balaban J connectivity index is 2.49. The molecule has 0 bridgehead atoms. The van der Waals surface area contributed by atoms with Crippen LogP contribution in [0.5, 0.6) is 0 Å². The van der Waals surface area contributed by atoms with Gasteiger partial charge in [0.25, 0.3) is 0 Å². The number of aromatic amines is 1. The third-order valence-corrected chi connectivity index (χ3v) is 5.23. The van der Waals surface area contributed by atoms with E-state index in [0.717, 1.165) is 22.9 Å². The first kappa shape index (κ1) is 14.1. The standard InChI is InChI=1S/C14H20N2O2S/c1-4-19(17,18)12-5-6-14-13(8-12)11(9-16-14)7-10(2)15-3/h5-6,8-10,15-16H,4,7H2,1-3H3. The lowest BCUT2D eigenvalue weighted by atomic mass is 10.1. The van der Waals surface area contributed by atoms with E-state index in [0.29, 0.717) is 10.9 Å². The molecule has 0 saturated carbocycles. The summed E-state index contributed by atoms with van der Waals surface area (Å²) < 4.78 is 23.9. The van der Waals surface area contributed by atoms with Gasteiger partial charge in [-0.3, -0.25) is 0 Å². The number of hydrogen-bond acceptors (Lipinski definition) is 3. The molecule has 0 aliphatic heterocycles. The van der Waals surface area contributed by atoms with Crippen LogP contribution in [0.1, 0.15) is 19.4 Å². The highest BCUT2D eigenvalue weighted by Crippen LogP contribution is 2.23. The number of benzene rings is 1. The molecule has 4 nitrogen and oxygen atoms in total. The monoisotopic (exact) mass is 280 g/mol. The van der Waals surface area contributed by atoms with Gasteiger partial charge in [0.15, 0.2) is 9.84 Å². The van der Waals surface area contributed by atoms with E-state index in [4.69, 9.17) is 0 Å². The summed E-state index contributed by atoms with van der Waals surface area (Å²) >= 11 is 0. The van der Waals surface area contributed by atoms with Gasteiger partial charge in [-0.05, 0) is 44.2 Å². The molecule has 0 amide bonds. The summed E-state index contributed by atoms with van der Waals surface area (Å²) in [6.07, 6.45) is 2.83. The van der Waals surface area contributed by atoms with E-state index in [1.807, 2.05) is 19.3 Å². The van der Waals surface area contributed by atoms with Gasteiger partial charge in [-0.1, -0.05) is 6.92 Å². The van der Waals surface area contributed by atoms with Crippen LogP contribution in [-0.2, 0) is 16.3 Å². The molecular weight excluding hydrogens is 260 g/mol. The van der Waals surface area contributed by atoms with Crippen molar-refractivity contribution < 1.29 is 8.42 Å². The van der Waals surface area contributed by atoms with Crippen LogP contribution in [0.15, 0.2) is 29.3 Å². The van der Waals surface area contributed by atoms with Crippen LogP contribution >= 0.6 is 0 Å². The number of H-pyrrole nitrogens is 1. The van der Waals surface area contributed by atoms with Crippen molar-refractivity contribution in [2.24, 2.45) is 0 Å². The lowest BCUT2D eigenvalue weighted by Crippen LogP contribution is -2.23. The number of sulfone groups is 1. The number of hydrogen-bond donors (Lipinski definition) is 2. The summed E-state index contributed by atoms with van der Waals surface area (Å²) in [5.41, 5.74) is 2.12. The molecule has 0 spiro atoms. The SMILES string of the molecule is CCS(=O)(=O)c1ccc2[nH]cc(CC(C)NC)c2c1. The average Bonchev–Trinajstić information content (AvgIpc) is 2.81. The lowest BCUT2D eigenvalue weighted by molar-refractivity contribution is 0.597. The molecule has 2 rings (SSSR count). The summed E-state index contributed by atoms with van der Waals surface area (Å²) in [5.74, 6) is 0.130. The Hall–Kier alpha value is -1.33. The van der Waals surface area contributed by atoms with Gasteiger partial charge in [-0.25, -0.2) is 8.42 Å². The average molecular weight is 280 g/mol. The molecule has 0 aliphatic carbocycles. The molecule has 5 heteroatoms. The molecule has 1 atom stereocenters. The number of rotatable bonds is 5. The van der Waals surface area contributed by atoms with Crippen molar-refractivity contribution in [2.75, 3.05) is 12.8 Å².